The van der Waals surface area contributed by atoms with E-state index in [-0.39, 0.29) is 66.8 Å². The van der Waals surface area contributed by atoms with Crippen molar-refractivity contribution in [1.29, 1.82) is 0 Å². The van der Waals surface area contributed by atoms with Crippen LogP contribution in [-0.4, -0.2) is 52.1 Å². The van der Waals surface area contributed by atoms with E-state index >= 15 is 0 Å². The fourth-order valence-corrected chi connectivity index (χ4v) is 4.28. The fraction of sp³-hybridized carbons (Fsp3) is 0.520. The van der Waals surface area contributed by atoms with E-state index in [0.717, 1.165) is 6.42 Å². The van der Waals surface area contributed by atoms with Gasteiger partial charge in [-0.1, -0.05) is 31.2 Å². The van der Waals surface area contributed by atoms with Gasteiger partial charge in [-0.25, -0.2) is 4.39 Å². The van der Waals surface area contributed by atoms with Crippen LogP contribution < -0.4 is 5.32 Å². The number of amides is 4. The average molecular weight is 458 g/mol. The lowest BCUT2D eigenvalue weighted by atomic mass is 9.85. The van der Waals surface area contributed by atoms with Crippen molar-refractivity contribution in [1.82, 2.24) is 15.1 Å². The average Bonchev–Trinajstić information content (AvgIpc) is 3.06. The smallest absolute Gasteiger partial charge is 0.242 e. The monoisotopic (exact) mass is 457 g/mol. The number of likely N-dealkylation sites (tertiary alicyclic amines) is 1. The predicted molar refractivity (Wildman–Crippen MR) is 121 cm³/mol. The van der Waals surface area contributed by atoms with Gasteiger partial charge >= 0.3 is 0 Å². The number of nitrogens with zero attached hydrogens (tertiary/aromatic N) is 2. The maximum Gasteiger partial charge on any atom is 0.242 e. The number of hydrogen-bond acceptors (Lipinski definition) is 4. The minimum atomic E-state index is -0.770. The number of carbonyl (C=O) groups excluding carboxylic acids is 4. The molecule has 2 aliphatic rings. The van der Waals surface area contributed by atoms with Crippen LogP contribution in [0.1, 0.15) is 52.0 Å². The van der Waals surface area contributed by atoms with E-state index in [4.69, 9.17) is 0 Å². The first-order valence-corrected chi connectivity index (χ1v) is 11.6. The summed E-state index contributed by atoms with van der Waals surface area (Å²) in [7, 11) is 0. The molecule has 0 spiro atoms. The molecule has 1 fully saturated rings. The number of halogens is 1. The lowest BCUT2D eigenvalue weighted by molar-refractivity contribution is -0.143. The summed E-state index contributed by atoms with van der Waals surface area (Å²) in [6.07, 6.45) is 5.60. The Labute approximate surface area is 194 Å². The molecular weight excluding hydrogens is 425 g/mol. The van der Waals surface area contributed by atoms with E-state index in [0.29, 0.717) is 18.4 Å². The van der Waals surface area contributed by atoms with Crippen LogP contribution in [0.3, 0.4) is 0 Å². The molecule has 4 atom stereocenters. The summed E-state index contributed by atoms with van der Waals surface area (Å²) in [5, 5.41) is 2.89. The number of nitrogens with one attached hydrogen (secondary N) is 1. The number of rotatable bonds is 9. The van der Waals surface area contributed by atoms with Crippen molar-refractivity contribution in [2.45, 2.75) is 65.1 Å². The van der Waals surface area contributed by atoms with Crippen LogP contribution >= 0.6 is 0 Å². The van der Waals surface area contributed by atoms with Gasteiger partial charge in [0.1, 0.15) is 11.9 Å². The van der Waals surface area contributed by atoms with E-state index in [1.54, 1.807) is 19.1 Å². The Morgan fingerprint density at radius 2 is 1.67 bits per heavy atom. The van der Waals surface area contributed by atoms with Crippen LogP contribution in [-0.2, 0) is 25.7 Å². The van der Waals surface area contributed by atoms with Gasteiger partial charge in [-0.15, -0.1) is 0 Å². The number of carbonyl (C=O) groups is 4. The second kappa shape index (κ2) is 10.7. The van der Waals surface area contributed by atoms with Crippen molar-refractivity contribution in [3.8, 4) is 0 Å². The molecule has 1 aromatic carbocycles. The number of hydrogen-bond donors (Lipinski definition) is 1. The summed E-state index contributed by atoms with van der Waals surface area (Å²) in [6.45, 7) is 5.59. The predicted octanol–water partition coefficient (Wildman–Crippen LogP) is 2.80. The molecule has 1 aliphatic carbocycles. The molecule has 7 nitrogen and oxygen atoms in total. The molecular formula is C25H32FN3O4. The Kier molecular flexibility index (Phi) is 8.00. The Morgan fingerprint density at radius 1 is 1.09 bits per heavy atom. The van der Waals surface area contributed by atoms with E-state index in [2.05, 4.69) is 5.32 Å². The highest BCUT2D eigenvalue weighted by Gasteiger charge is 2.47. The van der Waals surface area contributed by atoms with Crippen LogP contribution in [0.15, 0.2) is 36.4 Å². The van der Waals surface area contributed by atoms with Crippen molar-refractivity contribution in [3.05, 3.63) is 47.8 Å². The topological polar surface area (TPSA) is 86.8 Å². The highest BCUT2D eigenvalue weighted by Crippen LogP contribution is 2.35. The SMILES string of the molecule is CC[C@@H](C)NC(=O)[C@@H](C)N(Cc1ccc(F)cc1)C(=O)CCN1C(=O)[C@H]2CC=CC[C@H]2C1=O. The number of allylic oxidation sites excluding steroid dienone is 2. The van der Waals surface area contributed by atoms with Crippen molar-refractivity contribution in [2.75, 3.05) is 6.54 Å². The second-order valence-electron chi connectivity index (χ2n) is 8.88. The molecule has 178 valence electrons. The van der Waals surface area contributed by atoms with Gasteiger partial charge in [-0.2, -0.15) is 0 Å². The number of fused-ring (bicyclic) bond motifs is 1. The van der Waals surface area contributed by atoms with E-state index < -0.39 is 6.04 Å². The van der Waals surface area contributed by atoms with Gasteiger partial charge in [0.25, 0.3) is 0 Å². The Bertz CT molecular complexity index is 904. The minimum absolute atomic E-state index is 0.0108. The lowest BCUT2D eigenvalue weighted by Gasteiger charge is -2.30. The molecule has 1 heterocycles. The molecule has 0 radical (unpaired) electrons. The van der Waals surface area contributed by atoms with Gasteiger partial charge in [0.15, 0.2) is 0 Å². The zero-order valence-electron chi connectivity index (χ0n) is 19.4. The van der Waals surface area contributed by atoms with Gasteiger partial charge in [-0.05, 0) is 50.8 Å². The summed E-state index contributed by atoms with van der Waals surface area (Å²) in [4.78, 5) is 54.0. The van der Waals surface area contributed by atoms with Crippen molar-refractivity contribution < 1.29 is 23.6 Å². The fourth-order valence-electron chi connectivity index (χ4n) is 4.28. The van der Waals surface area contributed by atoms with Gasteiger partial charge in [0, 0.05) is 25.6 Å². The molecule has 4 amide bonds. The zero-order valence-corrected chi connectivity index (χ0v) is 19.4. The van der Waals surface area contributed by atoms with Gasteiger partial charge in [-0.3, -0.25) is 24.1 Å². The summed E-state index contributed by atoms with van der Waals surface area (Å²) in [6, 6.07) is 4.94. The number of benzene rings is 1. The molecule has 8 heteroatoms. The second-order valence-corrected chi connectivity index (χ2v) is 8.88. The van der Waals surface area contributed by atoms with Crippen molar-refractivity contribution in [3.63, 3.8) is 0 Å². The third kappa shape index (κ3) is 5.67. The van der Waals surface area contributed by atoms with Gasteiger partial charge in [0.05, 0.1) is 11.8 Å². The van der Waals surface area contributed by atoms with Crippen LogP contribution in [0.5, 0.6) is 0 Å². The Hall–Kier alpha value is -3.03. The lowest BCUT2D eigenvalue weighted by Crippen LogP contribution is -2.50. The highest BCUT2D eigenvalue weighted by atomic mass is 19.1. The van der Waals surface area contributed by atoms with E-state index in [1.807, 2.05) is 26.0 Å². The van der Waals surface area contributed by atoms with Gasteiger partial charge in [0.2, 0.25) is 23.6 Å². The van der Waals surface area contributed by atoms with Gasteiger partial charge < -0.3 is 10.2 Å². The van der Waals surface area contributed by atoms with Crippen molar-refractivity contribution >= 4 is 23.6 Å². The molecule has 0 saturated carbocycles. The molecule has 3 rings (SSSR count). The van der Waals surface area contributed by atoms with Crippen LogP contribution in [0.4, 0.5) is 4.39 Å². The molecule has 1 saturated heterocycles. The molecule has 1 N–H and O–H groups in total. The van der Waals surface area contributed by atoms with Crippen molar-refractivity contribution in [2.24, 2.45) is 11.8 Å². The summed E-state index contributed by atoms with van der Waals surface area (Å²) >= 11 is 0. The molecule has 0 aromatic heterocycles. The molecule has 0 bridgehead atoms. The van der Waals surface area contributed by atoms with Crippen LogP contribution in [0.2, 0.25) is 0 Å². The Morgan fingerprint density at radius 3 is 2.21 bits per heavy atom. The molecule has 0 unspecified atom stereocenters. The van der Waals surface area contributed by atoms with Crippen LogP contribution in [0.25, 0.3) is 0 Å². The summed E-state index contributed by atoms with van der Waals surface area (Å²) < 4.78 is 13.3. The zero-order chi connectivity index (χ0) is 24.1. The maximum absolute atomic E-state index is 13.3. The Balaban J connectivity index is 1.71. The quantitative estimate of drug-likeness (QED) is 0.456. The normalized spacial score (nSPS) is 21.5. The summed E-state index contributed by atoms with van der Waals surface area (Å²) in [5.41, 5.74) is 0.679. The van der Waals surface area contributed by atoms with E-state index in [9.17, 15) is 23.6 Å². The third-order valence-corrected chi connectivity index (χ3v) is 6.58. The molecule has 1 aromatic rings. The summed E-state index contributed by atoms with van der Waals surface area (Å²) in [5.74, 6) is -2.16. The van der Waals surface area contributed by atoms with E-state index in [1.165, 1.54) is 21.9 Å². The minimum Gasteiger partial charge on any atom is -0.352 e. The largest absolute Gasteiger partial charge is 0.352 e. The standard InChI is InChI=1S/C25H32FN3O4/c1-4-16(2)27-23(31)17(3)29(15-18-9-11-19(26)12-10-18)22(30)13-14-28-24(32)20-7-5-6-8-21(20)25(28)33/h5-6,9-12,16-17,20-21H,4,7-8,13-15H2,1-3H3,(H,27,31)/t16-,17-,20-,21+/m1/s1. The number of imide groups is 1. The molecule has 33 heavy (non-hydrogen) atoms. The maximum atomic E-state index is 13.3. The van der Waals surface area contributed by atoms with Crippen LogP contribution in [0, 0.1) is 17.7 Å². The molecule has 1 aliphatic heterocycles. The first-order valence-electron chi connectivity index (χ1n) is 11.6. The first-order chi connectivity index (χ1) is 15.7. The highest BCUT2D eigenvalue weighted by molar-refractivity contribution is 6.05. The third-order valence-electron chi connectivity index (χ3n) is 6.58. The first kappa shape index (κ1) is 24.6.